The van der Waals surface area contributed by atoms with Crippen molar-refractivity contribution in [3.63, 3.8) is 0 Å². The molecule has 0 saturated heterocycles. The Balaban J connectivity index is 4.50. The first-order chi connectivity index (χ1) is 7.04. The van der Waals surface area contributed by atoms with Gasteiger partial charge in [-0.2, -0.15) is 0 Å². The lowest BCUT2D eigenvalue weighted by molar-refractivity contribution is 0.340. The summed E-state index contributed by atoms with van der Waals surface area (Å²) in [6.45, 7) is 18.7. The molecule has 0 fully saturated rings. The van der Waals surface area contributed by atoms with Gasteiger partial charge in [-0.3, -0.25) is 0 Å². The van der Waals surface area contributed by atoms with E-state index < -0.39 is 35.2 Å². The quantitative estimate of drug-likeness (QED) is 0.675. The molecule has 0 radical (unpaired) electrons. The van der Waals surface area contributed by atoms with Crippen molar-refractivity contribution in [1.82, 2.24) is 0 Å². The van der Waals surface area contributed by atoms with E-state index >= 15 is 0 Å². The number of hydrogen-bond acceptors (Lipinski definition) is 3. The smallest absolute Gasteiger partial charge is 0.312 e. The highest BCUT2D eigenvalue weighted by Gasteiger charge is 2.39. The molecular formula is C9H26O3Si4. The number of hydrogen-bond donors (Lipinski definition) is 0. The van der Waals surface area contributed by atoms with Crippen LogP contribution >= 0.6 is 0 Å². The van der Waals surface area contributed by atoms with Gasteiger partial charge in [0.25, 0.3) is 0 Å². The summed E-state index contributed by atoms with van der Waals surface area (Å²) in [4.78, 5) is 0. The van der Waals surface area contributed by atoms with Gasteiger partial charge in [-0.1, -0.05) is 12.2 Å². The maximum Gasteiger partial charge on any atom is 0.312 e. The Labute approximate surface area is 106 Å². The summed E-state index contributed by atoms with van der Waals surface area (Å²) in [5.41, 5.74) is 1.95. The van der Waals surface area contributed by atoms with Crippen molar-refractivity contribution in [2.75, 3.05) is 0 Å². The summed E-state index contributed by atoms with van der Waals surface area (Å²) in [5.74, 6) is 0. The highest BCUT2D eigenvalue weighted by molar-refractivity contribution is 6.88. The minimum Gasteiger partial charge on any atom is -0.442 e. The van der Waals surface area contributed by atoms with Crippen LogP contribution in [0.5, 0.6) is 0 Å². The second kappa shape index (κ2) is 5.89. The van der Waals surface area contributed by atoms with Crippen molar-refractivity contribution in [2.45, 2.75) is 45.8 Å². The molecule has 0 aliphatic carbocycles. The summed E-state index contributed by atoms with van der Waals surface area (Å²) in [6, 6.07) is 0. The van der Waals surface area contributed by atoms with Gasteiger partial charge in [0.2, 0.25) is 0 Å². The van der Waals surface area contributed by atoms with E-state index in [2.05, 4.69) is 52.4 Å². The Bertz CT molecular complexity index is 241. The highest BCUT2D eigenvalue weighted by atomic mass is 28.5. The molecule has 0 aliphatic heterocycles. The van der Waals surface area contributed by atoms with E-state index in [1.165, 1.54) is 0 Å². The van der Waals surface area contributed by atoms with E-state index in [9.17, 15) is 0 Å². The van der Waals surface area contributed by atoms with Crippen molar-refractivity contribution in [1.29, 1.82) is 0 Å². The van der Waals surface area contributed by atoms with Crippen LogP contribution in [0.1, 0.15) is 0 Å². The van der Waals surface area contributed by atoms with Crippen LogP contribution < -0.4 is 0 Å². The van der Waals surface area contributed by atoms with Gasteiger partial charge in [-0.25, -0.2) is 0 Å². The molecule has 0 N–H and O–H groups in total. The zero-order valence-corrected chi connectivity index (χ0v) is 16.1. The van der Waals surface area contributed by atoms with Crippen molar-refractivity contribution >= 4 is 35.2 Å². The van der Waals surface area contributed by atoms with E-state index in [1.54, 1.807) is 0 Å². The molecule has 0 aromatic carbocycles. The Hall–Kier alpha value is 0.488. The first-order valence-electron chi connectivity index (χ1n) is 5.71. The molecule has 16 heavy (non-hydrogen) atoms. The van der Waals surface area contributed by atoms with Crippen LogP contribution in [-0.4, -0.2) is 35.2 Å². The molecule has 3 nitrogen and oxygen atoms in total. The van der Waals surface area contributed by atoms with E-state index in [0.717, 1.165) is 0 Å². The molecule has 96 valence electrons. The Kier molecular flexibility index (Phi) is 6.07. The Morgan fingerprint density at radius 3 is 1.81 bits per heavy atom. The molecule has 0 aromatic heterocycles. The molecule has 0 spiro atoms. The molecule has 0 amide bonds. The van der Waals surface area contributed by atoms with Gasteiger partial charge >= 0.3 is 17.1 Å². The molecule has 0 aromatic rings. The standard InChI is InChI=1S/C9H26O3Si4/c1-9-14(3,4)11-16(7,8)12-15(5,6)10-13-2/h9H,1,13H2,2-8H3. The summed E-state index contributed by atoms with van der Waals surface area (Å²) >= 11 is 0. The lowest BCUT2D eigenvalue weighted by atomic mass is 11.3. The van der Waals surface area contributed by atoms with E-state index in [0.29, 0.717) is 0 Å². The zero-order valence-electron chi connectivity index (χ0n) is 11.7. The Morgan fingerprint density at radius 1 is 0.938 bits per heavy atom. The van der Waals surface area contributed by atoms with E-state index in [-0.39, 0.29) is 0 Å². The fourth-order valence-electron chi connectivity index (χ4n) is 1.66. The second-order valence-electron chi connectivity index (χ2n) is 5.24. The van der Waals surface area contributed by atoms with Crippen LogP contribution in [0.4, 0.5) is 0 Å². The molecule has 7 heteroatoms. The third kappa shape index (κ3) is 6.94. The molecule has 0 bridgehead atoms. The summed E-state index contributed by atoms with van der Waals surface area (Å²) in [5, 5.41) is 0. The minimum absolute atomic E-state index is 0.412. The van der Waals surface area contributed by atoms with Crippen molar-refractivity contribution in [2.24, 2.45) is 0 Å². The van der Waals surface area contributed by atoms with Crippen LogP contribution in [0.15, 0.2) is 12.3 Å². The molecule has 0 aliphatic rings. The predicted octanol–water partition coefficient (Wildman–Crippen LogP) is 2.50. The molecule has 0 heterocycles. The van der Waals surface area contributed by atoms with Gasteiger partial charge in [0.05, 0.1) is 0 Å². The lowest BCUT2D eigenvalue weighted by Gasteiger charge is -2.37. The van der Waals surface area contributed by atoms with Gasteiger partial charge < -0.3 is 12.3 Å². The van der Waals surface area contributed by atoms with Gasteiger partial charge in [0.1, 0.15) is 9.76 Å². The van der Waals surface area contributed by atoms with Crippen LogP contribution in [0.25, 0.3) is 0 Å². The predicted molar refractivity (Wildman–Crippen MR) is 80.3 cm³/mol. The topological polar surface area (TPSA) is 27.7 Å². The SMILES string of the molecule is C=C[Si](C)(C)O[Si](C)(C)O[Si](C)(C)O[SiH2]C. The maximum atomic E-state index is 6.16. The first-order valence-corrected chi connectivity index (χ1v) is 16.3. The summed E-state index contributed by atoms with van der Waals surface area (Å²) in [7, 11) is -6.22. The first kappa shape index (κ1) is 16.5. The molecule has 0 unspecified atom stereocenters. The van der Waals surface area contributed by atoms with Crippen LogP contribution in [0.3, 0.4) is 0 Å². The average molecular weight is 295 g/mol. The highest BCUT2D eigenvalue weighted by Crippen LogP contribution is 2.21. The summed E-state index contributed by atoms with van der Waals surface area (Å²) in [6.07, 6.45) is 0. The fraction of sp³-hybridized carbons (Fsp3) is 0.778. The van der Waals surface area contributed by atoms with Gasteiger partial charge in [-0.05, 0) is 39.3 Å². The average Bonchev–Trinajstić information content (AvgIpc) is 1.99. The van der Waals surface area contributed by atoms with Crippen molar-refractivity contribution in [3.05, 3.63) is 12.3 Å². The lowest BCUT2D eigenvalue weighted by Crippen LogP contribution is -2.53. The van der Waals surface area contributed by atoms with Crippen LogP contribution in [0, 0.1) is 0 Å². The van der Waals surface area contributed by atoms with E-state index in [1.807, 2.05) is 5.70 Å². The fourth-order valence-corrected chi connectivity index (χ4v) is 15.9. The van der Waals surface area contributed by atoms with E-state index in [4.69, 9.17) is 12.3 Å². The molecule has 0 rings (SSSR count). The maximum absolute atomic E-state index is 6.16. The summed E-state index contributed by atoms with van der Waals surface area (Å²) < 4.78 is 18.1. The zero-order chi connectivity index (χ0) is 13.0. The number of rotatable bonds is 7. The van der Waals surface area contributed by atoms with Crippen LogP contribution in [-0.2, 0) is 12.3 Å². The molecule has 0 saturated carbocycles. The van der Waals surface area contributed by atoms with Gasteiger partial charge in [0, 0.05) is 0 Å². The third-order valence-electron chi connectivity index (χ3n) is 1.98. The third-order valence-corrected chi connectivity index (χ3v) is 14.9. The Morgan fingerprint density at radius 2 is 1.44 bits per heavy atom. The normalized spacial score (nSPS) is 14.7. The van der Waals surface area contributed by atoms with Crippen LogP contribution in [0.2, 0.25) is 45.8 Å². The van der Waals surface area contributed by atoms with Crippen molar-refractivity contribution < 1.29 is 12.3 Å². The monoisotopic (exact) mass is 294 g/mol. The van der Waals surface area contributed by atoms with Crippen molar-refractivity contribution in [3.8, 4) is 0 Å². The molecule has 0 atom stereocenters. The minimum atomic E-state index is -2.08. The van der Waals surface area contributed by atoms with Gasteiger partial charge in [-0.15, -0.1) is 6.58 Å². The molecular weight excluding hydrogens is 268 g/mol. The second-order valence-corrected chi connectivity index (χ2v) is 17.8. The largest absolute Gasteiger partial charge is 0.442 e. The van der Waals surface area contributed by atoms with Gasteiger partial charge in [0.15, 0.2) is 8.32 Å².